The number of aryl methyl sites for hydroxylation is 1. The Bertz CT molecular complexity index is 496. The summed E-state index contributed by atoms with van der Waals surface area (Å²) in [6, 6.07) is 6.64. The Morgan fingerprint density at radius 3 is 2.89 bits per heavy atom. The van der Waals surface area contributed by atoms with E-state index >= 15 is 0 Å². The molecule has 0 bridgehead atoms. The predicted octanol–water partition coefficient (Wildman–Crippen LogP) is 1.54. The number of hydrogen-bond acceptors (Lipinski definition) is 3. The molecule has 3 N–H and O–H groups in total. The van der Waals surface area contributed by atoms with E-state index in [4.69, 9.17) is 5.73 Å². The van der Waals surface area contributed by atoms with E-state index in [0.717, 1.165) is 31.1 Å². The summed E-state index contributed by atoms with van der Waals surface area (Å²) in [5.41, 5.74) is 8.10. The largest absolute Gasteiger partial charge is 0.398 e. The van der Waals surface area contributed by atoms with Gasteiger partial charge in [-0.25, -0.2) is 0 Å². The number of nitrogens with zero attached hydrogens (tertiary/aromatic N) is 1. The Kier molecular flexibility index (Phi) is 3.19. The first-order valence-corrected chi connectivity index (χ1v) is 7.04. The summed E-state index contributed by atoms with van der Waals surface area (Å²) in [5, 5.41) is 3.12. The maximum absolute atomic E-state index is 12.3. The molecule has 3 rings (SSSR count). The minimum Gasteiger partial charge on any atom is -0.398 e. The molecule has 102 valence electrons. The van der Waals surface area contributed by atoms with Crippen molar-refractivity contribution in [1.82, 2.24) is 10.2 Å². The molecule has 1 aromatic carbocycles. The summed E-state index contributed by atoms with van der Waals surface area (Å²) in [4.78, 5) is 14.7. The third-order valence-electron chi connectivity index (χ3n) is 4.07. The minimum atomic E-state index is -0.0381. The molecule has 1 saturated heterocycles. The molecule has 0 spiro atoms. The molecule has 1 aromatic rings. The van der Waals surface area contributed by atoms with Crippen LogP contribution in [0.15, 0.2) is 18.2 Å². The molecule has 4 nitrogen and oxygen atoms in total. The quantitative estimate of drug-likeness (QED) is 0.810. The SMILES string of the molecule is Cc1ccc(N)c(C(=O)NC2CCN(C3CC3)C2)c1. The van der Waals surface area contributed by atoms with E-state index in [1.165, 1.54) is 12.8 Å². The van der Waals surface area contributed by atoms with Crippen molar-refractivity contribution < 1.29 is 4.79 Å². The molecule has 0 aromatic heterocycles. The fourth-order valence-electron chi connectivity index (χ4n) is 2.81. The van der Waals surface area contributed by atoms with Crippen LogP contribution in [0.25, 0.3) is 0 Å². The van der Waals surface area contributed by atoms with Gasteiger partial charge in [0.2, 0.25) is 0 Å². The van der Waals surface area contributed by atoms with Crippen LogP contribution in [0.3, 0.4) is 0 Å². The molecule has 1 heterocycles. The lowest BCUT2D eigenvalue weighted by Gasteiger charge is -2.16. The zero-order chi connectivity index (χ0) is 13.4. The lowest BCUT2D eigenvalue weighted by atomic mass is 10.1. The van der Waals surface area contributed by atoms with Gasteiger partial charge in [-0.05, 0) is 38.3 Å². The molecule has 2 aliphatic rings. The summed E-state index contributed by atoms with van der Waals surface area (Å²) >= 11 is 0. The second-order valence-corrected chi connectivity index (χ2v) is 5.78. The van der Waals surface area contributed by atoms with Gasteiger partial charge in [0.05, 0.1) is 5.56 Å². The Morgan fingerprint density at radius 2 is 2.16 bits per heavy atom. The van der Waals surface area contributed by atoms with E-state index in [9.17, 15) is 4.79 Å². The number of amides is 1. The first-order chi connectivity index (χ1) is 9.13. The molecule has 2 fully saturated rings. The van der Waals surface area contributed by atoms with Gasteiger partial charge in [0.15, 0.2) is 0 Å². The third-order valence-corrected chi connectivity index (χ3v) is 4.07. The molecular formula is C15H21N3O. The van der Waals surface area contributed by atoms with Crippen molar-refractivity contribution in [2.75, 3.05) is 18.8 Å². The van der Waals surface area contributed by atoms with Gasteiger partial charge in [-0.15, -0.1) is 0 Å². The number of nitrogens with two attached hydrogens (primary N) is 1. The predicted molar refractivity (Wildman–Crippen MR) is 76.1 cm³/mol. The highest BCUT2D eigenvalue weighted by molar-refractivity contribution is 5.99. The number of rotatable bonds is 3. The second-order valence-electron chi connectivity index (χ2n) is 5.78. The zero-order valence-corrected chi connectivity index (χ0v) is 11.4. The molecular weight excluding hydrogens is 238 g/mol. The van der Waals surface area contributed by atoms with Crippen LogP contribution in [0.1, 0.15) is 35.2 Å². The molecule has 19 heavy (non-hydrogen) atoms. The maximum atomic E-state index is 12.3. The van der Waals surface area contributed by atoms with Gasteiger partial charge in [0, 0.05) is 30.9 Å². The smallest absolute Gasteiger partial charge is 0.253 e. The lowest BCUT2D eigenvalue weighted by molar-refractivity contribution is 0.0938. The fraction of sp³-hybridized carbons (Fsp3) is 0.533. The van der Waals surface area contributed by atoms with E-state index in [1.807, 2.05) is 19.1 Å². The topological polar surface area (TPSA) is 58.4 Å². The van der Waals surface area contributed by atoms with Crippen molar-refractivity contribution in [3.05, 3.63) is 29.3 Å². The fourth-order valence-corrected chi connectivity index (χ4v) is 2.81. The summed E-state index contributed by atoms with van der Waals surface area (Å²) in [5.74, 6) is -0.0381. The second kappa shape index (κ2) is 4.85. The standard InChI is InChI=1S/C15H21N3O/c1-10-2-5-14(16)13(8-10)15(19)17-11-6-7-18(9-11)12-3-4-12/h2,5,8,11-12H,3-4,6-7,9,16H2,1H3,(H,17,19). The first-order valence-electron chi connectivity index (χ1n) is 7.04. The number of hydrogen-bond donors (Lipinski definition) is 2. The molecule has 1 atom stereocenters. The Labute approximate surface area is 114 Å². The van der Waals surface area contributed by atoms with E-state index < -0.39 is 0 Å². The van der Waals surface area contributed by atoms with Gasteiger partial charge in [0.25, 0.3) is 5.91 Å². The molecule has 1 amide bonds. The number of likely N-dealkylation sites (tertiary alicyclic amines) is 1. The van der Waals surface area contributed by atoms with Gasteiger partial charge in [0.1, 0.15) is 0 Å². The number of benzene rings is 1. The van der Waals surface area contributed by atoms with Crippen LogP contribution in [0.4, 0.5) is 5.69 Å². The van der Waals surface area contributed by atoms with Crippen molar-refractivity contribution >= 4 is 11.6 Å². The number of carbonyl (C=O) groups excluding carboxylic acids is 1. The average Bonchev–Trinajstić information content (AvgIpc) is 3.13. The van der Waals surface area contributed by atoms with Gasteiger partial charge >= 0.3 is 0 Å². The van der Waals surface area contributed by atoms with Gasteiger partial charge < -0.3 is 11.1 Å². The number of nitrogen functional groups attached to an aromatic ring is 1. The van der Waals surface area contributed by atoms with Crippen LogP contribution >= 0.6 is 0 Å². The highest BCUT2D eigenvalue weighted by Crippen LogP contribution is 2.29. The van der Waals surface area contributed by atoms with E-state index in [2.05, 4.69) is 10.2 Å². The highest BCUT2D eigenvalue weighted by Gasteiger charge is 2.34. The summed E-state index contributed by atoms with van der Waals surface area (Å²) < 4.78 is 0. The minimum absolute atomic E-state index is 0.0381. The maximum Gasteiger partial charge on any atom is 0.253 e. The number of nitrogens with one attached hydrogen (secondary N) is 1. The van der Waals surface area contributed by atoms with Crippen molar-refractivity contribution in [3.8, 4) is 0 Å². The van der Waals surface area contributed by atoms with Crippen molar-refractivity contribution in [1.29, 1.82) is 0 Å². The molecule has 4 heteroatoms. The Hall–Kier alpha value is -1.55. The van der Waals surface area contributed by atoms with Crippen molar-refractivity contribution in [2.45, 2.75) is 38.3 Å². The molecule has 1 aliphatic heterocycles. The number of carbonyl (C=O) groups is 1. The van der Waals surface area contributed by atoms with Crippen LogP contribution in [-0.4, -0.2) is 36.0 Å². The average molecular weight is 259 g/mol. The summed E-state index contributed by atoms with van der Waals surface area (Å²) in [7, 11) is 0. The van der Waals surface area contributed by atoms with Gasteiger partial charge in [-0.1, -0.05) is 11.6 Å². The lowest BCUT2D eigenvalue weighted by Crippen LogP contribution is -2.37. The molecule has 1 aliphatic carbocycles. The van der Waals surface area contributed by atoms with Gasteiger partial charge in [-0.3, -0.25) is 9.69 Å². The van der Waals surface area contributed by atoms with Crippen LogP contribution in [0, 0.1) is 6.92 Å². The van der Waals surface area contributed by atoms with Crippen LogP contribution < -0.4 is 11.1 Å². The Morgan fingerprint density at radius 1 is 1.37 bits per heavy atom. The normalized spacial score (nSPS) is 23.5. The Balaban J connectivity index is 1.63. The number of anilines is 1. The molecule has 1 unspecified atom stereocenters. The van der Waals surface area contributed by atoms with Crippen LogP contribution in [0.5, 0.6) is 0 Å². The van der Waals surface area contributed by atoms with Crippen LogP contribution in [0.2, 0.25) is 0 Å². The first kappa shape index (κ1) is 12.5. The summed E-state index contributed by atoms with van der Waals surface area (Å²) in [6.45, 7) is 4.07. The van der Waals surface area contributed by atoms with E-state index in [0.29, 0.717) is 11.3 Å². The monoisotopic (exact) mass is 259 g/mol. The highest BCUT2D eigenvalue weighted by atomic mass is 16.1. The van der Waals surface area contributed by atoms with Crippen molar-refractivity contribution in [3.63, 3.8) is 0 Å². The summed E-state index contributed by atoms with van der Waals surface area (Å²) in [6.07, 6.45) is 3.70. The van der Waals surface area contributed by atoms with E-state index in [1.54, 1.807) is 6.07 Å². The molecule has 0 radical (unpaired) electrons. The third kappa shape index (κ3) is 2.73. The van der Waals surface area contributed by atoms with Gasteiger partial charge in [-0.2, -0.15) is 0 Å². The van der Waals surface area contributed by atoms with E-state index in [-0.39, 0.29) is 11.9 Å². The van der Waals surface area contributed by atoms with Crippen LogP contribution in [-0.2, 0) is 0 Å². The zero-order valence-electron chi connectivity index (χ0n) is 11.4. The molecule has 1 saturated carbocycles. The van der Waals surface area contributed by atoms with Crippen molar-refractivity contribution in [2.24, 2.45) is 0 Å².